The van der Waals surface area contributed by atoms with Crippen LogP contribution < -0.4 is 10.5 Å². The van der Waals surface area contributed by atoms with Crippen molar-refractivity contribution in [2.45, 2.75) is 13.5 Å². The third-order valence-electron chi connectivity index (χ3n) is 3.10. The molecule has 4 nitrogen and oxygen atoms in total. The molecule has 2 aromatic carbocycles. The molecule has 0 aromatic heterocycles. The highest BCUT2D eigenvalue weighted by Crippen LogP contribution is 2.26. The van der Waals surface area contributed by atoms with E-state index in [4.69, 9.17) is 15.2 Å². The van der Waals surface area contributed by atoms with Crippen LogP contribution in [0.4, 0.5) is 5.69 Å². The molecular weight excluding hydrogens is 334 g/mol. The number of benzene rings is 2. The van der Waals surface area contributed by atoms with E-state index in [1.807, 2.05) is 25.1 Å². The molecule has 2 N–H and O–H groups in total. The fourth-order valence-electron chi connectivity index (χ4n) is 1.80. The Morgan fingerprint density at radius 3 is 2.62 bits per heavy atom. The number of anilines is 1. The predicted octanol–water partition coefficient (Wildman–Crippen LogP) is 3.71. The van der Waals surface area contributed by atoms with Gasteiger partial charge < -0.3 is 15.2 Å². The smallest absolute Gasteiger partial charge is 0.338 e. The molecule has 0 spiro atoms. The third kappa shape index (κ3) is 3.76. The number of methoxy groups -OCH3 is 1. The lowest BCUT2D eigenvalue weighted by molar-refractivity contribution is 0.0472. The summed E-state index contributed by atoms with van der Waals surface area (Å²) in [5.41, 5.74) is 8.63. The molecule has 0 aliphatic carbocycles. The normalized spacial score (nSPS) is 10.2. The highest BCUT2D eigenvalue weighted by Gasteiger charge is 2.09. The van der Waals surface area contributed by atoms with E-state index >= 15 is 0 Å². The summed E-state index contributed by atoms with van der Waals surface area (Å²) >= 11 is 3.39. The fourth-order valence-corrected chi connectivity index (χ4v) is 2.39. The summed E-state index contributed by atoms with van der Waals surface area (Å²) in [6.45, 7) is 2.08. The van der Waals surface area contributed by atoms with E-state index in [0.29, 0.717) is 11.3 Å². The van der Waals surface area contributed by atoms with Crippen molar-refractivity contribution in [3.05, 3.63) is 57.6 Å². The number of hydrogen-bond donors (Lipinski definition) is 1. The van der Waals surface area contributed by atoms with Crippen LogP contribution in [0.15, 0.2) is 40.9 Å². The van der Waals surface area contributed by atoms with E-state index in [-0.39, 0.29) is 6.61 Å². The Morgan fingerprint density at radius 2 is 2.00 bits per heavy atom. The number of esters is 1. The number of ether oxygens (including phenoxy) is 2. The minimum absolute atomic E-state index is 0.190. The number of carbonyl (C=O) groups is 1. The molecule has 0 heterocycles. The summed E-state index contributed by atoms with van der Waals surface area (Å²) in [6, 6.07) is 10.7. The van der Waals surface area contributed by atoms with Gasteiger partial charge in [-0.15, -0.1) is 0 Å². The number of nitrogen functional groups attached to an aromatic ring is 1. The fraction of sp³-hybridized carbons (Fsp3) is 0.188. The minimum Gasteiger partial charge on any atom is -0.496 e. The first kappa shape index (κ1) is 15.4. The molecule has 0 radical (unpaired) electrons. The van der Waals surface area contributed by atoms with Gasteiger partial charge in [0, 0.05) is 5.69 Å². The van der Waals surface area contributed by atoms with Crippen molar-refractivity contribution >= 4 is 27.6 Å². The van der Waals surface area contributed by atoms with Crippen LogP contribution in [-0.2, 0) is 11.3 Å². The quantitative estimate of drug-likeness (QED) is 0.675. The van der Waals surface area contributed by atoms with Gasteiger partial charge in [-0.1, -0.05) is 12.1 Å². The van der Waals surface area contributed by atoms with Crippen molar-refractivity contribution in [3.63, 3.8) is 0 Å². The molecule has 2 rings (SSSR count). The second-order valence-corrected chi connectivity index (χ2v) is 5.47. The third-order valence-corrected chi connectivity index (χ3v) is 3.72. The minimum atomic E-state index is -0.395. The van der Waals surface area contributed by atoms with E-state index in [1.165, 1.54) is 0 Å². The largest absolute Gasteiger partial charge is 0.496 e. The lowest BCUT2D eigenvalue weighted by Gasteiger charge is -2.08. The van der Waals surface area contributed by atoms with Gasteiger partial charge in [-0.2, -0.15) is 0 Å². The Kier molecular flexibility index (Phi) is 4.85. The van der Waals surface area contributed by atoms with Gasteiger partial charge in [-0.3, -0.25) is 0 Å². The Morgan fingerprint density at radius 1 is 1.24 bits per heavy atom. The maximum absolute atomic E-state index is 12.0. The maximum atomic E-state index is 12.0. The lowest BCUT2D eigenvalue weighted by Crippen LogP contribution is -2.06. The van der Waals surface area contributed by atoms with Gasteiger partial charge in [0.05, 0.1) is 17.1 Å². The van der Waals surface area contributed by atoms with Crippen LogP contribution in [0.3, 0.4) is 0 Å². The topological polar surface area (TPSA) is 61.5 Å². The van der Waals surface area contributed by atoms with Crippen LogP contribution in [0.2, 0.25) is 0 Å². The van der Waals surface area contributed by atoms with Crippen LogP contribution in [-0.4, -0.2) is 13.1 Å². The average molecular weight is 350 g/mol. The summed E-state index contributed by atoms with van der Waals surface area (Å²) in [6.07, 6.45) is 0. The Balaban J connectivity index is 2.03. The first-order valence-corrected chi connectivity index (χ1v) is 7.16. The SMILES string of the molecule is COc1ccc(COC(=O)c2ccc(C)c(N)c2)cc1Br. The van der Waals surface area contributed by atoms with E-state index in [9.17, 15) is 4.79 Å². The molecule has 0 amide bonds. The van der Waals surface area contributed by atoms with E-state index in [2.05, 4.69) is 15.9 Å². The van der Waals surface area contributed by atoms with Crippen molar-refractivity contribution in [1.29, 1.82) is 0 Å². The van der Waals surface area contributed by atoms with Gasteiger partial charge in [-0.05, 0) is 58.2 Å². The molecule has 0 saturated carbocycles. The highest BCUT2D eigenvalue weighted by molar-refractivity contribution is 9.10. The zero-order valence-electron chi connectivity index (χ0n) is 11.9. The lowest BCUT2D eigenvalue weighted by atomic mass is 10.1. The molecule has 110 valence electrons. The van der Waals surface area contributed by atoms with Gasteiger partial charge in [0.1, 0.15) is 12.4 Å². The summed E-state index contributed by atoms with van der Waals surface area (Å²) in [4.78, 5) is 12.0. The van der Waals surface area contributed by atoms with Gasteiger partial charge in [-0.25, -0.2) is 4.79 Å². The molecule has 5 heteroatoms. The van der Waals surface area contributed by atoms with Crippen LogP contribution in [0, 0.1) is 6.92 Å². The Bertz CT molecular complexity index is 671. The monoisotopic (exact) mass is 349 g/mol. The number of carbonyl (C=O) groups excluding carboxylic acids is 1. The zero-order valence-corrected chi connectivity index (χ0v) is 13.4. The van der Waals surface area contributed by atoms with Crippen molar-refractivity contribution in [3.8, 4) is 5.75 Å². The van der Waals surface area contributed by atoms with Crippen LogP contribution in [0.1, 0.15) is 21.5 Å². The van der Waals surface area contributed by atoms with Crippen molar-refractivity contribution in [1.82, 2.24) is 0 Å². The molecule has 21 heavy (non-hydrogen) atoms. The van der Waals surface area contributed by atoms with Gasteiger partial charge >= 0.3 is 5.97 Å². The van der Waals surface area contributed by atoms with E-state index in [0.717, 1.165) is 21.3 Å². The summed E-state index contributed by atoms with van der Waals surface area (Å²) in [7, 11) is 1.60. The number of halogens is 1. The molecule has 0 saturated heterocycles. The predicted molar refractivity (Wildman–Crippen MR) is 85.4 cm³/mol. The molecule has 0 unspecified atom stereocenters. The number of nitrogens with two attached hydrogens (primary N) is 1. The van der Waals surface area contributed by atoms with Gasteiger partial charge in [0.15, 0.2) is 0 Å². The number of aryl methyl sites for hydroxylation is 1. The summed E-state index contributed by atoms with van der Waals surface area (Å²) in [5, 5.41) is 0. The molecule has 0 fully saturated rings. The van der Waals surface area contributed by atoms with Crippen molar-refractivity contribution in [2.75, 3.05) is 12.8 Å². The van der Waals surface area contributed by atoms with Crippen molar-refractivity contribution in [2.24, 2.45) is 0 Å². The second-order valence-electron chi connectivity index (χ2n) is 4.62. The average Bonchev–Trinajstić information content (AvgIpc) is 2.47. The molecule has 0 atom stereocenters. The van der Waals surface area contributed by atoms with Crippen LogP contribution >= 0.6 is 15.9 Å². The summed E-state index contributed by atoms with van der Waals surface area (Å²) < 4.78 is 11.2. The maximum Gasteiger partial charge on any atom is 0.338 e. The standard InChI is InChI=1S/C16H16BrNO3/c1-10-3-5-12(8-14(10)18)16(19)21-9-11-4-6-15(20-2)13(17)7-11/h3-8H,9,18H2,1-2H3. The molecular formula is C16H16BrNO3. The Hall–Kier alpha value is -2.01. The van der Waals surface area contributed by atoms with Gasteiger partial charge in [0.25, 0.3) is 0 Å². The second kappa shape index (κ2) is 6.63. The molecule has 0 bridgehead atoms. The first-order valence-electron chi connectivity index (χ1n) is 6.37. The van der Waals surface area contributed by atoms with Crippen LogP contribution in [0.5, 0.6) is 5.75 Å². The van der Waals surface area contributed by atoms with E-state index < -0.39 is 5.97 Å². The highest BCUT2D eigenvalue weighted by atomic mass is 79.9. The number of rotatable bonds is 4. The zero-order chi connectivity index (χ0) is 15.4. The molecule has 2 aromatic rings. The van der Waals surface area contributed by atoms with Crippen molar-refractivity contribution < 1.29 is 14.3 Å². The van der Waals surface area contributed by atoms with E-state index in [1.54, 1.807) is 25.3 Å². The Labute approximate surface area is 132 Å². The first-order chi connectivity index (χ1) is 10.0. The molecule has 0 aliphatic rings. The van der Waals surface area contributed by atoms with Gasteiger partial charge in [0.2, 0.25) is 0 Å². The molecule has 0 aliphatic heterocycles. The summed E-state index contributed by atoms with van der Waals surface area (Å²) in [5.74, 6) is 0.338. The van der Waals surface area contributed by atoms with Crippen LogP contribution in [0.25, 0.3) is 0 Å². The number of hydrogen-bond acceptors (Lipinski definition) is 4.